The van der Waals surface area contributed by atoms with Crippen molar-refractivity contribution >= 4 is 10.0 Å². The van der Waals surface area contributed by atoms with Crippen LogP contribution >= 0.6 is 0 Å². The SMILES string of the molecule is CCC(CC)NS(=O)(=O)c1ccc(CNCC(C)C)o1. The number of furan rings is 1. The molecule has 1 aromatic rings. The first kappa shape index (κ1) is 17.2. The van der Waals surface area contributed by atoms with E-state index in [1.807, 2.05) is 13.8 Å². The van der Waals surface area contributed by atoms with E-state index in [0.717, 1.165) is 19.4 Å². The highest BCUT2D eigenvalue weighted by Gasteiger charge is 2.21. The highest BCUT2D eigenvalue weighted by atomic mass is 32.2. The van der Waals surface area contributed by atoms with E-state index in [-0.39, 0.29) is 11.1 Å². The second kappa shape index (κ2) is 7.81. The molecule has 0 aliphatic heterocycles. The third-order valence-electron chi connectivity index (χ3n) is 3.06. The summed E-state index contributed by atoms with van der Waals surface area (Å²) in [5.41, 5.74) is 0. The number of hydrogen-bond donors (Lipinski definition) is 2. The number of rotatable bonds is 9. The molecule has 0 bridgehead atoms. The van der Waals surface area contributed by atoms with E-state index in [2.05, 4.69) is 23.9 Å². The quantitative estimate of drug-likeness (QED) is 0.735. The maximum atomic E-state index is 12.1. The summed E-state index contributed by atoms with van der Waals surface area (Å²) in [4.78, 5) is 0. The molecule has 0 unspecified atom stereocenters. The summed E-state index contributed by atoms with van der Waals surface area (Å²) in [6, 6.07) is 3.17. The maximum absolute atomic E-state index is 12.1. The third-order valence-corrected chi connectivity index (χ3v) is 4.45. The first-order chi connectivity index (χ1) is 9.39. The molecule has 1 rings (SSSR count). The highest BCUT2D eigenvalue weighted by Crippen LogP contribution is 2.15. The van der Waals surface area contributed by atoms with Gasteiger partial charge in [-0.2, -0.15) is 0 Å². The van der Waals surface area contributed by atoms with E-state index in [4.69, 9.17) is 4.42 Å². The van der Waals surface area contributed by atoms with E-state index >= 15 is 0 Å². The lowest BCUT2D eigenvalue weighted by Crippen LogP contribution is -2.33. The first-order valence-corrected chi connectivity index (χ1v) is 8.69. The van der Waals surface area contributed by atoms with Crippen molar-refractivity contribution in [3.63, 3.8) is 0 Å². The van der Waals surface area contributed by atoms with Gasteiger partial charge < -0.3 is 9.73 Å². The summed E-state index contributed by atoms with van der Waals surface area (Å²) in [5.74, 6) is 1.18. The lowest BCUT2D eigenvalue weighted by molar-refractivity contribution is 0.391. The molecular weight excluding hydrogens is 276 g/mol. The Bertz CT molecular complexity index is 490. The van der Waals surface area contributed by atoms with Gasteiger partial charge in [0.25, 0.3) is 10.0 Å². The van der Waals surface area contributed by atoms with Gasteiger partial charge in [0, 0.05) is 6.04 Å². The van der Waals surface area contributed by atoms with Crippen LogP contribution in [-0.4, -0.2) is 21.0 Å². The minimum Gasteiger partial charge on any atom is -0.447 e. The van der Waals surface area contributed by atoms with Crippen LogP contribution in [0, 0.1) is 5.92 Å². The van der Waals surface area contributed by atoms with Crippen molar-refractivity contribution in [1.82, 2.24) is 10.0 Å². The zero-order valence-corrected chi connectivity index (χ0v) is 13.6. The van der Waals surface area contributed by atoms with Crippen molar-refractivity contribution in [2.75, 3.05) is 6.54 Å². The molecule has 116 valence electrons. The molecule has 0 amide bonds. The lowest BCUT2D eigenvalue weighted by Gasteiger charge is -2.13. The molecule has 0 saturated heterocycles. The van der Waals surface area contributed by atoms with Gasteiger partial charge in [-0.15, -0.1) is 0 Å². The van der Waals surface area contributed by atoms with E-state index in [1.165, 1.54) is 6.07 Å². The van der Waals surface area contributed by atoms with Gasteiger partial charge in [-0.1, -0.05) is 27.7 Å². The van der Waals surface area contributed by atoms with Crippen molar-refractivity contribution in [3.05, 3.63) is 17.9 Å². The molecule has 1 heterocycles. The predicted octanol–water partition coefficient (Wildman–Crippen LogP) is 2.49. The smallest absolute Gasteiger partial charge is 0.274 e. The topological polar surface area (TPSA) is 71.3 Å². The molecule has 6 heteroatoms. The van der Waals surface area contributed by atoms with E-state index in [1.54, 1.807) is 6.07 Å². The van der Waals surface area contributed by atoms with Crippen LogP contribution in [-0.2, 0) is 16.6 Å². The van der Waals surface area contributed by atoms with Gasteiger partial charge in [0.05, 0.1) is 6.54 Å². The molecule has 0 atom stereocenters. The first-order valence-electron chi connectivity index (χ1n) is 7.20. The van der Waals surface area contributed by atoms with Crippen LogP contribution in [0.2, 0.25) is 0 Å². The zero-order chi connectivity index (χ0) is 15.2. The monoisotopic (exact) mass is 302 g/mol. The van der Waals surface area contributed by atoms with Gasteiger partial charge in [-0.25, -0.2) is 13.1 Å². The molecule has 2 N–H and O–H groups in total. The Kier molecular flexibility index (Phi) is 6.71. The third kappa shape index (κ3) is 5.26. The van der Waals surface area contributed by atoms with Gasteiger partial charge in [0.2, 0.25) is 5.09 Å². The van der Waals surface area contributed by atoms with Crippen LogP contribution in [0.1, 0.15) is 46.3 Å². The predicted molar refractivity (Wildman–Crippen MR) is 79.9 cm³/mol. The molecule has 0 saturated carbocycles. The van der Waals surface area contributed by atoms with E-state index in [9.17, 15) is 8.42 Å². The van der Waals surface area contributed by atoms with E-state index < -0.39 is 10.0 Å². The average molecular weight is 302 g/mol. The van der Waals surface area contributed by atoms with Crippen LogP contribution < -0.4 is 10.0 Å². The molecule has 0 radical (unpaired) electrons. The van der Waals surface area contributed by atoms with Crippen LogP contribution in [0.5, 0.6) is 0 Å². The summed E-state index contributed by atoms with van der Waals surface area (Å²) >= 11 is 0. The molecular formula is C14H26N2O3S. The Balaban J connectivity index is 2.65. The Morgan fingerprint density at radius 3 is 2.40 bits per heavy atom. The standard InChI is InChI=1S/C14H26N2O3S/c1-5-12(6-2)16-20(17,18)14-8-7-13(19-14)10-15-9-11(3)4/h7-8,11-12,15-16H,5-6,9-10H2,1-4H3. The van der Waals surface area contributed by atoms with Crippen LogP contribution in [0.25, 0.3) is 0 Å². The number of hydrogen-bond acceptors (Lipinski definition) is 4. The largest absolute Gasteiger partial charge is 0.447 e. The molecule has 1 aromatic heterocycles. The fraction of sp³-hybridized carbons (Fsp3) is 0.714. The summed E-state index contributed by atoms with van der Waals surface area (Å²) in [5, 5.41) is 3.21. The van der Waals surface area contributed by atoms with Gasteiger partial charge in [0.15, 0.2) is 0 Å². The Morgan fingerprint density at radius 1 is 1.20 bits per heavy atom. The summed E-state index contributed by atoms with van der Waals surface area (Å²) < 4.78 is 32.3. The molecule has 20 heavy (non-hydrogen) atoms. The normalized spacial score (nSPS) is 12.5. The van der Waals surface area contributed by atoms with Gasteiger partial charge in [0.1, 0.15) is 5.76 Å². The highest BCUT2D eigenvalue weighted by molar-refractivity contribution is 7.89. The van der Waals surface area contributed by atoms with Gasteiger partial charge >= 0.3 is 0 Å². The van der Waals surface area contributed by atoms with Crippen molar-refractivity contribution in [2.24, 2.45) is 5.92 Å². The van der Waals surface area contributed by atoms with Gasteiger partial charge in [-0.3, -0.25) is 0 Å². The number of sulfonamides is 1. The van der Waals surface area contributed by atoms with Gasteiger partial charge in [-0.05, 0) is 37.4 Å². The van der Waals surface area contributed by atoms with Crippen molar-refractivity contribution in [2.45, 2.75) is 58.2 Å². The Morgan fingerprint density at radius 2 is 1.85 bits per heavy atom. The molecule has 0 aliphatic rings. The van der Waals surface area contributed by atoms with Crippen molar-refractivity contribution < 1.29 is 12.8 Å². The van der Waals surface area contributed by atoms with Crippen molar-refractivity contribution in [1.29, 1.82) is 0 Å². The molecule has 0 aliphatic carbocycles. The second-order valence-electron chi connectivity index (χ2n) is 5.38. The lowest BCUT2D eigenvalue weighted by atomic mass is 10.2. The molecule has 0 aromatic carbocycles. The van der Waals surface area contributed by atoms with Crippen LogP contribution in [0.3, 0.4) is 0 Å². The zero-order valence-electron chi connectivity index (χ0n) is 12.8. The molecule has 0 spiro atoms. The molecule has 0 fully saturated rings. The second-order valence-corrected chi connectivity index (χ2v) is 7.03. The minimum absolute atomic E-state index is 0.00857. The number of nitrogens with one attached hydrogen (secondary N) is 2. The molecule has 5 nitrogen and oxygen atoms in total. The Labute approximate surface area is 122 Å². The van der Waals surface area contributed by atoms with E-state index in [0.29, 0.717) is 18.2 Å². The summed E-state index contributed by atoms with van der Waals surface area (Å²) in [7, 11) is -3.55. The average Bonchev–Trinajstić information content (AvgIpc) is 2.85. The maximum Gasteiger partial charge on any atom is 0.274 e. The fourth-order valence-corrected chi connectivity index (χ4v) is 3.17. The van der Waals surface area contributed by atoms with Crippen LogP contribution in [0.4, 0.5) is 0 Å². The summed E-state index contributed by atoms with van der Waals surface area (Å²) in [6.45, 7) is 9.56. The van der Waals surface area contributed by atoms with Crippen molar-refractivity contribution in [3.8, 4) is 0 Å². The summed E-state index contributed by atoms with van der Waals surface area (Å²) in [6.07, 6.45) is 1.53. The van der Waals surface area contributed by atoms with Crippen LogP contribution in [0.15, 0.2) is 21.6 Å². The minimum atomic E-state index is -3.55. The Hall–Kier alpha value is -0.850. The fourth-order valence-electron chi connectivity index (χ4n) is 1.81.